The molecule has 0 saturated heterocycles. The number of imidazole rings is 1. The van der Waals surface area contributed by atoms with Crippen molar-refractivity contribution in [3.05, 3.63) is 80.8 Å². The van der Waals surface area contributed by atoms with Crippen molar-refractivity contribution in [1.82, 2.24) is 9.13 Å². The second-order valence-electron chi connectivity index (χ2n) is 9.59. The monoisotopic (exact) mass is 488 g/mol. The molecule has 5 heteroatoms. The van der Waals surface area contributed by atoms with Crippen molar-refractivity contribution in [1.29, 1.82) is 0 Å². The van der Waals surface area contributed by atoms with Gasteiger partial charge in [0.2, 0.25) is 0 Å². The maximum absolute atomic E-state index is 12.4. The highest BCUT2D eigenvalue weighted by molar-refractivity contribution is 6.14. The Kier molecular flexibility index (Phi) is 9.57. The first-order valence-corrected chi connectivity index (χ1v) is 12.7. The number of benzene rings is 3. The minimum Gasteiger partial charge on any atom is -0.298 e. The van der Waals surface area contributed by atoms with E-state index in [1.807, 2.05) is 58.0 Å². The molecule has 36 heavy (non-hydrogen) atoms. The van der Waals surface area contributed by atoms with Crippen LogP contribution in [0.5, 0.6) is 0 Å². The van der Waals surface area contributed by atoms with E-state index >= 15 is 0 Å². The van der Waals surface area contributed by atoms with Gasteiger partial charge in [0, 0.05) is 36.5 Å². The Morgan fingerprint density at radius 2 is 1.39 bits per heavy atom. The summed E-state index contributed by atoms with van der Waals surface area (Å²) in [7, 11) is 3.61. The summed E-state index contributed by atoms with van der Waals surface area (Å²) < 4.78 is 3.36. The molecule has 0 N–H and O–H groups in total. The predicted molar refractivity (Wildman–Crippen MR) is 152 cm³/mol. The van der Waals surface area contributed by atoms with Crippen LogP contribution in [0.25, 0.3) is 21.8 Å². The van der Waals surface area contributed by atoms with E-state index in [-0.39, 0.29) is 17.4 Å². The van der Waals surface area contributed by atoms with Crippen LogP contribution in [0.2, 0.25) is 0 Å². The van der Waals surface area contributed by atoms with Gasteiger partial charge in [-0.05, 0) is 54.0 Å². The third kappa shape index (κ3) is 5.51. The number of ketones is 1. The predicted octanol–water partition coefficient (Wildman–Crippen LogP) is 7.13. The van der Waals surface area contributed by atoms with Gasteiger partial charge in [0.05, 0.1) is 11.0 Å². The van der Waals surface area contributed by atoms with Gasteiger partial charge in [-0.25, -0.2) is 4.79 Å². The zero-order chi connectivity index (χ0) is 27.3. The van der Waals surface area contributed by atoms with Gasteiger partial charge in [0.15, 0.2) is 12.1 Å². The fourth-order valence-corrected chi connectivity index (χ4v) is 4.33. The number of nitrogens with zero attached hydrogens (tertiary/aromatic N) is 2. The summed E-state index contributed by atoms with van der Waals surface area (Å²) in [4.78, 5) is 35.4. The van der Waals surface area contributed by atoms with E-state index in [1.54, 1.807) is 23.2 Å². The van der Waals surface area contributed by atoms with E-state index in [0.717, 1.165) is 28.1 Å². The average molecular weight is 489 g/mol. The molecule has 0 radical (unpaired) electrons. The topological polar surface area (TPSA) is 61.1 Å². The largest absolute Gasteiger partial charge is 0.328 e. The van der Waals surface area contributed by atoms with Gasteiger partial charge in [0.25, 0.3) is 0 Å². The maximum atomic E-state index is 12.4. The van der Waals surface area contributed by atoms with E-state index in [4.69, 9.17) is 0 Å². The fraction of sp³-hybridized carbons (Fsp3) is 0.387. The molecular formula is C31H40N2O3. The van der Waals surface area contributed by atoms with E-state index in [2.05, 4.69) is 39.8 Å². The first kappa shape index (κ1) is 28.8. The highest BCUT2D eigenvalue weighted by Gasteiger charge is 2.18. The van der Waals surface area contributed by atoms with Crippen molar-refractivity contribution < 1.29 is 9.59 Å². The smallest absolute Gasteiger partial charge is 0.298 e. The Morgan fingerprint density at radius 1 is 0.861 bits per heavy atom. The normalized spacial score (nSPS) is 10.8. The first-order valence-electron chi connectivity index (χ1n) is 12.7. The molecule has 4 aromatic rings. The second-order valence-corrected chi connectivity index (χ2v) is 9.59. The van der Waals surface area contributed by atoms with Crippen LogP contribution in [0, 0.1) is 19.8 Å². The number of hydrogen-bond acceptors (Lipinski definition) is 3. The van der Waals surface area contributed by atoms with Crippen LogP contribution in [0.4, 0.5) is 0 Å². The molecule has 0 aliphatic carbocycles. The van der Waals surface area contributed by atoms with E-state index in [1.165, 1.54) is 16.7 Å². The molecule has 5 nitrogen and oxygen atoms in total. The molecule has 0 spiro atoms. The number of Topliss-reactive ketones (excluding diaryl/α,β-unsaturated/α-hetero) is 1. The Bertz CT molecular complexity index is 1400. The first-order chi connectivity index (χ1) is 17.0. The highest BCUT2D eigenvalue weighted by Crippen LogP contribution is 2.31. The lowest BCUT2D eigenvalue weighted by atomic mass is 9.88. The number of aromatic nitrogens is 2. The van der Waals surface area contributed by atoms with Crippen LogP contribution < -0.4 is 5.69 Å². The van der Waals surface area contributed by atoms with Gasteiger partial charge >= 0.3 is 5.69 Å². The van der Waals surface area contributed by atoms with Gasteiger partial charge in [-0.15, -0.1) is 0 Å². The van der Waals surface area contributed by atoms with E-state index in [0.29, 0.717) is 17.0 Å². The lowest BCUT2D eigenvalue weighted by Gasteiger charge is -2.15. The summed E-state index contributed by atoms with van der Waals surface area (Å²) in [5.74, 6) is 0.352. The number of fused-ring (bicyclic) bond motifs is 2. The van der Waals surface area contributed by atoms with Gasteiger partial charge in [-0.1, -0.05) is 71.9 Å². The minimum atomic E-state index is -0.0807. The van der Waals surface area contributed by atoms with Crippen LogP contribution in [0.1, 0.15) is 84.9 Å². The molecule has 0 fully saturated rings. The van der Waals surface area contributed by atoms with Crippen molar-refractivity contribution in [2.75, 3.05) is 0 Å². The second kappa shape index (κ2) is 12.0. The summed E-state index contributed by atoms with van der Waals surface area (Å²) >= 11 is 0. The SMILES string of the molecule is CC.CC(C)C(=O)c1cccc2c(C(C)C)ccc(C=O)c12.Cc1cc2c(cc1C)n(C)c(=O)n2C. The number of carbonyl (C=O) groups is 2. The summed E-state index contributed by atoms with van der Waals surface area (Å²) in [5.41, 5.74) is 6.89. The number of rotatable bonds is 4. The van der Waals surface area contributed by atoms with Gasteiger partial charge in [-0.3, -0.25) is 18.7 Å². The molecule has 0 unspecified atom stereocenters. The third-order valence-electron chi connectivity index (χ3n) is 6.53. The molecule has 0 saturated carbocycles. The third-order valence-corrected chi connectivity index (χ3v) is 6.53. The molecule has 1 aromatic heterocycles. The number of carbonyl (C=O) groups excluding carboxylic acids is 2. The Balaban J connectivity index is 0.000000250. The maximum Gasteiger partial charge on any atom is 0.328 e. The van der Waals surface area contributed by atoms with Crippen molar-refractivity contribution in [2.24, 2.45) is 20.0 Å². The molecule has 0 atom stereocenters. The van der Waals surface area contributed by atoms with Gasteiger partial charge in [-0.2, -0.15) is 0 Å². The molecule has 0 aliphatic heterocycles. The molecular weight excluding hydrogens is 448 g/mol. The van der Waals surface area contributed by atoms with Crippen molar-refractivity contribution >= 4 is 33.9 Å². The number of aldehydes is 1. The standard InChI is InChI=1S/C18H20O2.C11H14N2O.C2H6/c1-11(2)14-9-8-13(10-19)17-15(14)6-5-7-16(17)18(20)12(3)4;1-7-5-9-10(6-8(7)2)13(4)11(14)12(9)3;1-2/h5-12H,1-4H3;5-6H,1-4H3;1-2H3. The summed E-state index contributed by atoms with van der Waals surface area (Å²) in [6.45, 7) is 16.1. The average Bonchev–Trinajstić information content (AvgIpc) is 3.07. The van der Waals surface area contributed by atoms with Crippen molar-refractivity contribution in [3.8, 4) is 0 Å². The Morgan fingerprint density at radius 3 is 1.83 bits per heavy atom. The highest BCUT2D eigenvalue weighted by atomic mass is 16.1. The summed E-state index contributed by atoms with van der Waals surface area (Å²) in [5, 5.41) is 1.81. The molecule has 1 heterocycles. The molecule has 192 valence electrons. The van der Waals surface area contributed by atoms with Crippen molar-refractivity contribution in [2.45, 2.75) is 61.3 Å². The van der Waals surface area contributed by atoms with Gasteiger partial charge in [0.1, 0.15) is 0 Å². The molecule has 4 rings (SSSR count). The molecule has 3 aromatic carbocycles. The zero-order valence-electron chi connectivity index (χ0n) is 23.4. The summed E-state index contributed by atoms with van der Waals surface area (Å²) in [6.07, 6.45) is 0.837. The lowest BCUT2D eigenvalue weighted by Crippen LogP contribution is -2.19. The molecule has 0 amide bonds. The lowest BCUT2D eigenvalue weighted by molar-refractivity contribution is 0.0941. The zero-order valence-corrected chi connectivity index (χ0v) is 23.4. The number of hydrogen-bond donors (Lipinski definition) is 0. The van der Waals surface area contributed by atoms with E-state index < -0.39 is 0 Å². The van der Waals surface area contributed by atoms with Crippen LogP contribution >= 0.6 is 0 Å². The van der Waals surface area contributed by atoms with E-state index in [9.17, 15) is 14.4 Å². The van der Waals surface area contributed by atoms with Crippen LogP contribution in [-0.2, 0) is 14.1 Å². The van der Waals surface area contributed by atoms with Crippen LogP contribution in [0.15, 0.2) is 47.3 Å². The van der Waals surface area contributed by atoms with Gasteiger partial charge < -0.3 is 0 Å². The molecule has 0 aliphatic rings. The van der Waals surface area contributed by atoms with Crippen LogP contribution in [0.3, 0.4) is 0 Å². The Hall–Kier alpha value is -3.47. The summed E-state index contributed by atoms with van der Waals surface area (Å²) in [6, 6.07) is 13.6. The fourth-order valence-electron chi connectivity index (χ4n) is 4.33. The molecule has 0 bridgehead atoms. The van der Waals surface area contributed by atoms with Crippen LogP contribution in [-0.4, -0.2) is 21.2 Å². The minimum absolute atomic E-state index is 0.0324. The quantitative estimate of drug-likeness (QED) is 0.227. The van der Waals surface area contributed by atoms with Crippen molar-refractivity contribution in [3.63, 3.8) is 0 Å². The number of aryl methyl sites for hydroxylation is 4. The Labute approximate surface area is 214 Å².